The van der Waals surface area contributed by atoms with E-state index in [1.165, 1.54) is 13.0 Å². The van der Waals surface area contributed by atoms with Gasteiger partial charge in [-0.3, -0.25) is 14.4 Å². The number of carbonyl (C=O) groups is 3. The van der Waals surface area contributed by atoms with Gasteiger partial charge in [-0.1, -0.05) is 71.7 Å². The maximum atomic E-state index is 14.0. The fourth-order valence-corrected chi connectivity index (χ4v) is 6.63. The minimum absolute atomic E-state index is 0.147. The van der Waals surface area contributed by atoms with E-state index in [9.17, 15) is 14.4 Å². The minimum atomic E-state index is -1.22. The number of halogens is 2. The van der Waals surface area contributed by atoms with Gasteiger partial charge in [0.1, 0.15) is 5.78 Å². The van der Waals surface area contributed by atoms with Crippen LogP contribution in [0.5, 0.6) is 0 Å². The molecule has 1 aliphatic heterocycles. The van der Waals surface area contributed by atoms with Crippen LogP contribution in [0.15, 0.2) is 66.7 Å². The molecule has 2 bridgehead atoms. The monoisotopic (exact) mass is 461 g/mol. The Morgan fingerprint density at radius 2 is 1.47 bits per heavy atom. The molecular weight excluding hydrogens is 445 g/mol. The van der Waals surface area contributed by atoms with Gasteiger partial charge in [0.05, 0.1) is 28.0 Å². The quantitative estimate of drug-likeness (QED) is 0.496. The fourth-order valence-electron chi connectivity index (χ4n) is 6.26. The SMILES string of the molecule is CC(=O)C12c3ccccc3C(c3ccccc31)[C@H]1C(=O)N(c3cc(Cl)ccc3Cl)C(=O)[C@@H]12. The van der Waals surface area contributed by atoms with Crippen molar-refractivity contribution >= 4 is 46.5 Å². The molecule has 1 heterocycles. The molecule has 158 valence electrons. The van der Waals surface area contributed by atoms with Gasteiger partial charge in [-0.15, -0.1) is 0 Å². The predicted octanol–water partition coefficient (Wildman–Crippen LogP) is 5.13. The molecule has 4 nitrogen and oxygen atoms in total. The molecule has 32 heavy (non-hydrogen) atoms. The molecule has 3 aliphatic carbocycles. The first-order valence-corrected chi connectivity index (χ1v) is 11.2. The van der Waals surface area contributed by atoms with Crippen LogP contribution >= 0.6 is 23.2 Å². The average Bonchev–Trinajstić information content (AvgIpc) is 3.06. The lowest BCUT2D eigenvalue weighted by molar-refractivity contribution is -0.132. The van der Waals surface area contributed by atoms with Crippen molar-refractivity contribution in [2.24, 2.45) is 11.8 Å². The summed E-state index contributed by atoms with van der Waals surface area (Å²) >= 11 is 12.6. The van der Waals surface area contributed by atoms with Gasteiger partial charge in [0.2, 0.25) is 11.8 Å². The van der Waals surface area contributed by atoms with Crippen molar-refractivity contribution in [2.75, 3.05) is 4.90 Å². The zero-order valence-electron chi connectivity index (χ0n) is 17.0. The Labute approximate surface area is 194 Å². The van der Waals surface area contributed by atoms with E-state index in [2.05, 4.69) is 0 Å². The second kappa shape index (κ2) is 6.53. The van der Waals surface area contributed by atoms with Crippen molar-refractivity contribution in [2.45, 2.75) is 18.3 Å². The molecule has 0 radical (unpaired) electrons. The first kappa shape index (κ1) is 19.7. The molecule has 0 aromatic heterocycles. The average molecular weight is 462 g/mol. The largest absolute Gasteiger partial charge is 0.299 e. The number of ketones is 1. The Kier molecular flexibility index (Phi) is 4.02. The molecule has 1 saturated heterocycles. The highest BCUT2D eigenvalue weighted by molar-refractivity contribution is 6.38. The Bertz CT molecular complexity index is 1320. The summed E-state index contributed by atoms with van der Waals surface area (Å²) in [5.41, 5.74) is 2.54. The molecular formula is C26H17Cl2NO3. The summed E-state index contributed by atoms with van der Waals surface area (Å²) in [7, 11) is 0. The van der Waals surface area contributed by atoms with E-state index in [1.54, 1.807) is 12.1 Å². The van der Waals surface area contributed by atoms with Crippen molar-refractivity contribution in [3.05, 3.63) is 99.0 Å². The third-order valence-electron chi connectivity index (χ3n) is 7.32. The summed E-state index contributed by atoms with van der Waals surface area (Å²) in [6, 6.07) is 20.1. The lowest BCUT2D eigenvalue weighted by Crippen LogP contribution is -2.57. The first-order valence-electron chi connectivity index (χ1n) is 10.4. The number of benzene rings is 3. The zero-order chi connectivity index (χ0) is 22.4. The highest BCUT2D eigenvalue weighted by Gasteiger charge is 2.70. The van der Waals surface area contributed by atoms with Crippen molar-refractivity contribution in [1.82, 2.24) is 0 Å². The van der Waals surface area contributed by atoms with Gasteiger partial charge >= 0.3 is 0 Å². The number of nitrogens with zero attached hydrogens (tertiary/aromatic N) is 1. The van der Waals surface area contributed by atoms with Gasteiger partial charge in [0.25, 0.3) is 0 Å². The summed E-state index contributed by atoms with van der Waals surface area (Å²) in [6.07, 6.45) is 0. The smallest absolute Gasteiger partial charge is 0.239 e. The third-order valence-corrected chi connectivity index (χ3v) is 7.88. The summed E-state index contributed by atoms with van der Waals surface area (Å²) in [6.45, 7) is 1.52. The van der Waals surface area contributed by atoms with E-state index >= 15 is 0 Å². The molecule has 2 amide bonds. The number of Topliss-reactive ketones (excluding diaryl/α,β-unsaturated/α-hetero) is 1. The van der Waals surface area contributed by atoms with E-state index in [0.29, 0.717) is 5.02 Å². The van der Waals surface area contributed by atoms with Gasteiger partial charge in [0.15, 0.2) is 0 Å². The molecule has 2 atom stereocenters. The number of hydrogen-bond donors (Lipinski definition) is 0. The van der Waals surface area contributed by atoms with Gasteiger partial charge in [0, 0.05) is 10.9 Å². The molecule has 3 aromatic carbocycles. The van der Waals surface area contributed by atoms with Crippen LogP contribution in [-0.2, 0) is 19.8 Å². The number of carbonyl (C=O) groups excluding carboxylic acids is 3. The van der Waals surface area contributed by atoms with Crippen molar-refractivity contribution in [3.8, 4) is 0 Å². The van der Waals surface area contributed by atoms with E-state index in [0.717, 1.165) is 27.2 Å². The maximum Gasteiger partial charge on any atom is 0.239 e. The van der Waals surface area contributed by atoms with Crippen LogP contribution in [0.25, 0.3) is 0 Å². The second-order valence-electron chi connectivity index (χ2n) is 8.63. The topological polar surface area (TPSA) is 54.5 Å². The molecule has 0 unspecified atom stereocenters. The molecule has 4 aliphatic rings. The molecule has 0 spiro atoms. The summed E-state index contributed by atoms with van der Waals surface area (Å²) in [4.78, 5) is 42.5. The second-order valence-corrected chi connectivity index (χ2v) is 9.47. The Morgan fingerprint density at radius 1 is 0.875 bits per heavy atom. The number of imide groups is 1. The number of rotatable bonds is 2. The summed E-state index contributed by atoms with van der Waals surface area (Å²) in [5.74, 6) is -2.74. The van der Waals surface area contributed by atoms with Gasteiger partial charge in [-0.05, 0) is 47.4 Å². The van der Waals surface area contributed by atoms with Crippen LogP contribution in [0.3, 0.4) is 0 Å². The van der Waals surface area contributed by atoms with Crippen molar-refractivity contribution in [3.63, 3.8) is 0 Å². The molecule has 3 aromatic rings. The van der Waals surface area contributed by atoms with Crippen LogP contribution < -0.4 is 4.90 Å². The maximum absolute atomic E-state index is 14.0. The van der Waals surface area contributed by atoms with Gasteiger partial charge < -0.3 is 0 Å². The van der Waals surface area contributed by atoms with Crippen LogP contribution in [0.1, 0.15) is 35.1 Å². The van der Waals surface area contributed by atoms with Crippen molar-refractivity contribution < 1.29 is 14.4 Å². The first-order chi connectivity index (χ1) is 15.4. The summed E-state index contributed by atoms with van der Waals surface area (Å²) in [5, 5.41) is 0.629. The standard InChI is InChI=1S/C26H17Cl2NO3/c1-13(30)26-17-8-4-2-6-15(17)21(16-7-3-5-9-18(16)26)22-23(26)25(32)29(24(22)31)20-12-14(27)10-11-19(20)28/h2-12,21-23H,1H3/t21?,22-,23-,26?/m1/s1. The molecule has 0 saturated carbocycles. The molecule has 7 rings (SSSR count). The van der Waals surface area contributed by atoms with E-state index in [-0.39, 0.29) is 28.3 Å². The van der Waals surface area contributed by atoms with E-state index in [1.807, 2.05) is 48.5 Å². The van der Waals surface area contributed by atoms with Crippen molar-refractivity contribution in [1.29, 1.82) is 0 Å². The Morgan fingerprint density at radius 3 is 2.06 bits per heavy atom. The number of anilines is 1. The van der Waals surface area contributed by atoms with Gasteiger partial charge in [-0.25, -0.2) is 4.90 Å². The predicted molar refractivity (Wildman–Crippen MR) is 122 cm³/mol. The number of hydrogen-bond acceptors (Lipinski definition) is 3. The lowest BCUT2D eigenvalue weighted by atomic mass is 9.46. The van der Waals surface area contributed by atoms with Crippen LogP contribution in [0, 0.1) is 11.8 Å². The van der Waals surface area contributed by atoms with Crippen LogP contribution in [0.2, 0.25) is 10.0 Å². The lowest BCUT2D eigenvalue weighted by Gasteiger charge is -2.52. The minimum Gasteiger partial charge on any atom is -0.299 e. The fraction of sp³-hybridized carbons (Fsp3) is 0.192. The molecule has 6 heteroatoms. The van der Waals surface area contributed by atoms with E-state index in [4.69, 9.17) is 23.2 Å². The van der Waals surface area contributed by atoms with E-state index < -0.39 is 23.2 Å². The highest BCUT2D eigenvalue weighted by atomic mass is 35.5. The molecule has 1 fully saturated rings. The summed E-state index contributed by atoms with van der Waals surface area (Å²) < 4.78 is 0. The normalized spacial score (nSPS) is 27.2. The van der Waals surface area contributed by atoms with Gasteiger partial charge in [-0.2, -0.15) is 0 Å². The zero-order valence-corrected chi connectivity index (χ0v) is 18.5. The highest BCUT2D eigenvalue weighted by Crippen LogP contribution is 2.64. The Balaban J connectivity index is 1.68. The Hall–Kier alpha value is -2.95. The third kappa shape index (κ3) is 2.17. The molecule has 0 N–H and O–H groups in total. The van der Waals surface area contributed by atoms with Crippen LogP contribution in [0.4, 0.5) is 5.69 Å². The number of amides is 2. The van der Waals surface area contributed by atoms with Crippen LogP contribution in [-0.4, -0.2) is 17.6 Å².